The molecule has 0 saturated carbocycles. The van der Waals surface area contributed by atoms with Gasteiger partial charge in [0.05, 0.1) is 12.8 Å². The van der Waals surface area contributed by atoms with Crippen molar-refractivity contribution in [1.29, 1.82) is 0 Å². The Morgan fingerprint density at radius 3 is 2.65 bits per heavy atom. The number of carbonyl (C=O) groups is 1. The molecule has 0 bridgehead atoms. The lowest BCUT2D eigenvalue weighted by Gasteiger charge is -2.11. The van der Waals surface area contributed by atoms with Crippen LogP contribution in [0, 0.1) is 0 Å². The second kappa shape index (κ2) is 5.24. The largest absolute Gasteiger partial charge is 0.495 e. The first-order valence-electron chi connectivity index (χ1n) is 4.44. The van der Waals surface area contributed by atoms with Gasteiger partial charge in [0, 0.05) is 5.56 Å². The molecule has 0 aliphatic heterocycles. The number of sulfonamides is 1. The van der Waals surface area contributed by atoms with Crippen LogP contribution in [0.2, 0.25) is 0 Å². The molecule has 0 heterocycles. The minimum absolute atomic E-state index is 0.115. The molecule has 0 fully saturated rings. The van der Waals surface area contributed by atoms with Crippen molar-refractivity contribution in [1.82, 2.24) is 0 Å². The second-order valence-corrected chi connectivity index (χ2v) is 5.41. The van der Waals surface area contributed by atoms with Crippen LogP contribution < -0.4 is 15.2 Å². The molecule has 3 N–H and O–H groups in total. The van der Waals surface area contributed by atoms with Crippen molar-refractivity contribution in [2.45, 2.75) is 0 Å². The molecule has 1 rings (SSSR count). The van der Waals surface area contributed by atoms with Gasteiger partial charge in [0.25, 0.3) is 0 Å². The summed E-state index contributed by atoms with van der Waals surface area (Å²) in [6, 6.07) is 4.15. The SMILES string of the molecule is COc1ccc(C(N)=O)cc1NS(=O)(=O)CCl. The molecular formula is C9H11ClN2O4S. The highest BCUT2D eigenvalue weighted by atomic mass is 35.5. The number of alkyl halides is 1. The van der Waals surface area contributed by atoms with Crippen molar-refractivity contribution in [2.75, 3.05) is 17.0 Å². The average molecular weight is 279 g/mol. The summed E-state index contributed by atoms with van der Waals surface area (Å²) in [6.45, 7) is 0. The number of hydrogen-bond acceptors (Lipinski definition) is 4. The molecule has 17 heavy (non-hydrogen) atoms. The number of rotatable bonds is 5. The summed E-state index contributed by atoms with van der Waals surface area (Å²) in [5, 5.41) is -0.600. The van der Waals surface area contributed by atoms with E-state index < -0.39 is 21.1 Å². The van der Waals surface area contributed by atoms with E-state index in [1.165, 1.54) is 25.3 Å². The Morgan fingerprint density at radius 2 is 2.18 bits per heavy atom. The Morgan fingerprint density at radius 1 is 1.53 bits per heavy atom. The third kappa shape index (κ3) is 3.50. The van der Waals surface area contributed by atoms with E-state index in [0.29, 0.717) is 0 Å². The molecule has 0 aliphatic rings. The van der Waals surface area contributed by atoms with Crippen LogP contribution in [0.5, 0.6) is 5.75 Å². The molecule has 0 radical (unpaired) electrons. The Kier molecular flexibility index (Phi) is 4.19. The lowest BCUT2D eigenvalue weighted by atomic mass is 10.2. The van der Waals surface area contributed by atoms with Crippen LogP contribution >= 0.6 is 11.6 Å². The van der Waals surface area contributed by atoms with Crippen LogP contribution in [-0.2, 0) is 10.0 Å². The number of anilines is 1. The van der Waals surface area contributed by atoms with E-state index in [1.54, 1.807) is 0 Å². The Balaban J connectivity index is 3.19. The van der Waals surface area contributed by atoms with E-state index in [-0.39, 0.29) is 17.0 Å². The van der Waals surface area contributed by atoms with Gasteiger partial charge in [-0.1, -0.05) is 0 Å². The van der Waals surface area contributed by atoms with Crippen LogP contribution in [0.3, 0.4) is 0 Å². The van der Waals surface area contributed by atoms with Gasteiger partial charge >= 0.3 is 0 Å². The molecule has 94 valence electrons. The Hall–Kier alpha value is -1.47. The quantitative estimate of drug-likeness (QED) is 0.776. The first-order chi connectivity index (χ1) is 7.89. The maximum atomic E-state index is 11.3. The van der Waals surface area contributed by atoms with Gasteiger partial charge in [0.2, 0.25) is 15.9 Å². The molecule has 8 heteroatoms. The topological polar surface area (TPSA) is 98.5 Å². The number of ether oxygens (including phenoxy) is 1. The van der Waals surface area contributed by atoms with Crippen LogP contribution in [0.1, 0.15) is 10.4 Å². The van der Waals surface area contributed by atoms with Crippen molar-refractivity contribution < 1.29 is 17.9 Å². The van der Waals surface area contributed by atoms with Gasteiger partial charge in [0.1, 0.15) is 11.0 Å². The summed E-state index contributed by atoms with van der Waals surface area (Å²) >= 11 is 5.26. The van der Waals surface area contributed by atoms with Crippen molar-refractivity contribution in [2.24, 2.45) is 5.73 Å². The molecule has 0 aromatic heterocycles. The van der Waals surface area contributed by atoms with Gasteiger partial charge in [-0.15, -0.1) is 11.6 Å². The summed E-state index contributed by atoms with van der Waals surface area (Å²) in [5.41, 5.74) is 5.37. The summed E-state index contributed by atoms with van der Waals surface area (Å²) in [6.07, 6.45) is 0. The highest BCUT2D eigenvalue weighted by Gasteiger charge is 2.14. The molecule has 0 aliphatic carbocycles. The predicted octanol–water partition coefficient (Wildman–Crippen LogP) is 0.732. The summed E-state index contributed by atoms with van der Waals surface area (Å²) in [4.78, 5) is 11.0. The molecule has 6 nitrogen and oxygen atoms in total. The van der Waals surface area contributed by atoms with Gasteiger partial charge in [-0.3, -0.25) is 9.52 Å². The molecule has 0 spiro atoms. The van der Waals surface area contributed by atoms with Gasteiger partial charge < -0.3 is 10.5 Å². The van der Waals surface area contributed by atoms with Gasteiger partial charge in [-0.2, -0.15) is 0 Å². The van der Waals surface area contributed by atoms with Crippen LogP contribution in [0.15, 0.2) is 18.2 Å². The van der Waals surface area contributed by atoms with E-state index in [0.717, 1.165) is 0 Å². The number of carbonyl (C=O) groups excluding carboxylic acids is 1. The number of halogens is 1. The highest BCUT2D eigenvalue weighted by Crippen LogP contribution is 2.26. The zero-order valence-electron chi connectivity index (χ0n) is 8.94. The molecule has 0 saturated heterocycles. The first-order valence-corrected chi connectivity index (χ1v) is 6.62. The average Bonchev–Trinajstić information content (AvgIpc) is 2.28. The van der Waals surface area contributed by atoms with E-state index >= 15 is 0 Å². The molecule has 1 aromatic carbocycles. The monoisotopic (exact) mass is 278 g/mol. The summed E-state index contributed by atoms with van der Waals surface area (Å²) in [5.74, 6) is -0.400. The standard InChI is InChI=1S/C9H11ClN2O4S/c1-16-8-3-2-6(9(11)13)4-7(8)12-17(14,15)5-10/h2-4,12H,5H2,1H3,(H2,11,13). The van der Waals surface area contributed by atoms with Gasteiger partial charge in [-0.05, 0) is 18.2 Å². The van der Waals surface area contributed by atoms with E-state index in [9.17, 15) is 13.2 Å². The van der Waals surface area contributed by atoms with Gasteiger partial charge in [0.15, 0.2) is 0 Å². The zero-order valence-corrected chi connectivity index (χ0v) is 10.5. The number of nitrogens with two attached hydrogens (primary N) is 1. The molecular weight excluding hydrogens is 268 g/mol. The predicted molar refractivity (Wildman–Crippen MR) is 64.8 cm³/mol. The third-order valence-corrected chi connectivity index (χ3v) is 3.57. The maximum Gasteiger partial charge on any atom is 0.248 e. The fraction of sp³-hybridized carbons (Fsp3) is 0.222. The Labute approximate surface area is 104 Å². The van der Waals surface area contributed by atoms with Crippen LogP contribution in [0.25, 0.3) is 0 Å². The number of benzene rings is 1. The molecule has 1 aromatic rings. The van der Waals surface area contributed by atoms with Crippen LogP contribution in [0.4, 0.5) is 5.69 Å². The van der Waals surface area contributed by atoms with E-state index in [2.05, 4.69) is 4.72 Å². The summed E-state index contributed by atoms with van der Waals surface area (Å²) in [7, 11) is -2.29. The summed E-state index contributed by atoms with van der Waals surface area (Å²) < 4.78 is 29.7. The minimum Gasteiger partial charge on any atom is -0.495 e. The van der Waals surface area contributed by atoms with E-state index in [4.69, 9.17) is 22.1 Å². The zero-order chi connectivity index (χ0) is 13.1. The van der Waals surface area contributed by atoms with Crippen molar-refractivity contribution in [3.63, 3.8) is 0 Å². The fourth-order valence-corrected chi connectivity index (χ4v) is 1.85. The number of primary amides is 1. The first kappa shape index (κ1) is 13.6. The lowest BCUT2D eigenvalue weighted by molar-refractivity contribution is 0.100. The third-order valence-electron chi connectivity index (χ3n) is 1.89. The molecule has 0 unspecified atom stereocenters. The number of nitrogens with one attached hydrogen (secondary N) is 1. The van der Waals surface area contributed by atoms with Crippen molar-refractivity contribution >= 4 is 33.2 Å². The number of methoxy groups -OCH3 is 1. The Bertz CT molecular complexity index is 530. The second-order valence-electron chi connectivity index (χ2n) is 3.11. The highest BCUT2D eigenvalue weighted by molar-refractivity contribution is 7.93. The molecule has 1 amide bonds. The van der Waals surface area contributed by atoms with Crippen molar-refractivity contribution in [3.05, 3.63) is 23.8 Å². The van der Waals surface area contributed by atoms with Gasteiger partial charge in [-0.25, -0.2) is 8.42 Å². The number of amides is 1. The maximum absolute atomic E-state index is 11.3. The fourth-order valence-electron chi connectivity index (χ4n) is 1.14. The normalized spacial score (nSPS) is 10.9. The number of hydrogen-bond donors (Lipinski definition) is 2. The lowest BCUT2D eigenvalue weighted by Crippen LogP contribution is -2.16. The van der Waals surface area contributed by atoms with Crippen LogP contribution in [-0.4, -0.2) is 26.6 Å². The minimum atomic E-state index is -3.66. The van der Waals surface area contributed by atoms with E-state index in [1.807, 2.05) is 0 Å². The smallest absolute Gasteiger partial charge is 0.248 e. The van der Waals surface area contributed by atoms with Crippen molar-refractivity contribution in [3.8, 4) is 5.75 Å². The molecule has 0 atom stereocenters.